The molecule has 6 nitrogen and oxygen atoms in total. The number of nitrogens with zero attached hydrogens (tertiary/aromatic N) is 4. The molecule has 2 aliphatic carbocycles. The molecule has 1 saturated carbocycles. The van der Waals surface area contributed by atoms with Crippen molar-refractivity contribution in [2.24, 2.45) is 5.41 Å². The molecule has 2 aliphatic heterocycles. The number of anilines is 1. The number of hydrogen-bond donors (Lipinski definition) is 1. The minimum absolute atomic E-state index is 0.237. The molecule has 1 N–H and O–H groups in total. The van der Waals surface area contributed by atoms with Gasteiger partial charge in [-0.25, -0.2) is 0 Å². The molecule has 3 unspecified atom stereocenters. The average molecular weight is 678 g/mol. The predicted octanol–water partition coefficient (Wildman–Crippen LogP) is 8.13. The van der Waals surface area contributed by atoms with Gasteiger partial charge in [0, 0.05) is 53.6 Å². The first-order chi connectivity index (χ1) is 23.5. The zero-order chi connectivity index (χ0) is 34.5. The van der Waals surface area contributed by atoms with Crippen molar-refractivity contribution in [3.05, 3.63) is 58.8 Å². The lowest BCUT2D eigenvalue weighted by Crippen LogP contribution is -2.51. The molecule has 2 saturated heterocycles. The van der Waals surface area contributed by atoms with Gasteiger partial charge in [-0.2, -0.15) is 9.97 Å². The van der Waals surface area contributed by atoms with Crippen LogP contribution in [0.25, 0.3) is 10.8 Å². The summed E-state index contributed by atoms with van der Waals surface area (Å²) in [6.07, 6.45) is 7.95. The number of benzene rings is 2. The molecule has 4 aliphatic rings. The smallest absolute Gasteiger partial charge is 0.318 e. The van der Waals surface area contributed by atoms with Crippen molar-refractivity contribution in [2.75, 3.05) is 45.2 Å². The van der Waals surface area contributed by atoms with Crippen molar-refractivity contribution in [3.8, 4) is 17.5 Å². The number of rotatable bonds is 10. The molecule has 3 fully saturated rings. The fraction of sp³-hybridized carbons (Fsp3) is 0.619. The van der Waals surface area contributed by atoms with Gasteiger partial charge in [0.25, 0.3) is 0 Å². The Bertz CT molecular complexity index is 1700. The normalized spacial score (nSPS) is 22.9. The van der Waals surface area contributed by atoms with Gasteiger partial charge in [0.1, 0.15) is 13.9 Å². The molecule has 2 bridgehead atoms. The molecule has 49 heavy (non-hydrogen) atoms. The first-order valence-corrected chi connectivity index (χ1v) is 21.4. The van der Waals surface area contributed by atoms with Gasteiger partial charge in [-0.1, -0.05) is 77.8 Å². The number of ether oxygens (including phenoxy) is 1. The van der Waals surface area contributed by atoms with Crippen LogP contribution in [0.4, 0.5) is 5.82 Å². The Balaban J connectivity index is 1.25. The summed E-state index contributed by atoms with van der Waals surface area (Å²) in [5.74, 6) is 5.36. The molecule has 7 heteroatoms. The lowest BCUT2D eigenvalue weighted by atomic mass is 9.80. The van der Waals surface area contributed by atoms with Crippen LogP contribution in [0.3, 0.4) is 0 Å². The Labute approximate surface area is 296 Å². The van der Waals surface area contributed by atoms with Crippen molar-refractivity contribution in [1.29, 1.82) is 0 Å². The van der Waals surface area contributed by atoms with Crippen LogP contribution in [0.1, 0.15) is 102 Å². The van der Waals surface area contributed by atoms with Crippen LogP contribution in [0, 0.1) is 16.9 Å². The van der Waals surface area contributed by atoms with Crippen molar-refractivity contribution in [3.63, 3.8) is 0 Å². The summed E-state index contributed by atoms with van der Waals surface area (Å²) in [6.45, 7) is 18.2. The van der Waals surface area contributed by atoms with Gasteiger partial charge in [0.15, 0.2) is 0 Å². The van der Waals surface area contributed by atoms with Crippen molar-refractivity contribution < 1.29 is 4.74 Å². The molecule has 2 aromatic carbocycles. The number of piperazine rings is 1. The zero-order valence-corrected chi connectivity index (χ0v) is 32.4. The van der Waals surface area contributed by atoms with Crippen molar-refractivity contribution in [1.82, 2.24) is 20.2 Å². The first-order valence-electron chi connectivity index (χ1n) is 19.2. The van der Waals surface area contributed by atoms with Crippen molar-refractivity contribution in [2.45, 2.75) is 121 Å². The Hall–Kier alpha value is -2.92. The maximum atomic E-state index is 6.55. The third kappa shape index (κ3) is 6.78. The summed E-state index contributed by atoms with van der Waals surface area (Å²) in [6, 6.07) is 15.3. The Kier molecular flexibility index (Phi) is 9.62. The molecular weight excluding hydrogens is 619 g/mol. The predicted molar refractivity (Wildman–Crippen MR) is 207 cm³/mol. The molecular formula is C42H59N5OSi. The second-order valence-corrected chi connectivity index (χ2v) is 22.7. The minimum atomic E-state index is -1.87. The standard InChI is InChI=1S/C42H59N5OSi/c1-28(2)49(29(3)4,30(5)6)22-19-32-12-9-11-31-13-10-14-36(39(31)32)33-15-18-37-38(23-33)44-41(48-27-42(20-21-42)26-46(7)8)45-40(37)47-24-34-16-17-35(25-47)43-34/h9-14,28-30,33-35,43H,15-18,20-21,23-27H2,1-8H3. The van der Waals surface area contributed by atoms with Crippen LogP contribution in [-0.4, -0.2) is 75.4 Å². The minimum Gasteiger partial charge on any atom is -0.463 e. The molecule has 3 atom stereocenters. The molecule has 3 heterocycles. The number of aromatic nitrogens is 2. The maximum Gasteiger partial charge on any atom is 0.318 e. The van der Waals surface area contributed by atoms with E-state index in [1.54, 1.807) is 0 Å². The van der Waals surface area contributed by atoms with Crippen LogP contribution >= 0.6 is 0 Å². The van der Waals surface area contributed by atoms with Crippen LogP contribution < -0.4 is 15.0 Å². The highest BCUT2D eigenvalue weighted by atomic mass is 28.3. The van der Waals surface area contributed by atoms with E-state index in [0.717, 1.165) is 44.7 Å². The summed E-state index contributed by atoms with van der Waals surface area (Å²) < 4.78 is 6.55. The second kappa shape index (κ2) is 13.7. The molecule has 1 aromatic heterocycles. The molecule has 3 aromatic rings. The van der Waals surface area contributed by atoms with Gasteiger partial charge in [-0.05, 0) is 98.6 Å². The Morgan fingerprint density at radius 1 is 0.939 bits per heavy atom. The Morgan fingerprint density at radius 2 is 1.61 bits per heavy atom. The van der Waals surface area contributed by atoms with Gasteiger partial charge >= 0.3 is 6.01 Å². The quantitative estimate of drug-likeness (QED) is 0.173. The summed E-state index contributed by atoms with van der Waals surface area (Å²) in [5.41, 5.74) is 11.2. The lowest BCUT2D eigenvalue weighted by molar-refractivity contribution is 0.182. The fourth-order valence-corrected chi connectivity index (χ4v) is 15.2. The van der Waals surface area contributed by atoms with E-state index >= 15 is 0 Å². The van der Waals surface area contributed by atoms with E-state index in [2.05, 4.69) is 119 Å². The van der Waals surface area contributed by atoms with E-state index in [4.69, 9.17) is 14.7 Å². The summed E-state index contributed by atoms with van der Waals surface area (Å²) in [7, 11) is 2.45. The van der Waals surface area contributed by atoms with Crippen LogP contribution in [0.2, 0.25) is 16.6 Å². The molecule has 7 rings (SSSR count). The van der Waals surface area contributed by atoms with Crippen LogP contribution in [0.5, 0.6) is 6.01 Å². The summed E-state index contributed by atoms with van der Waals surface area (Å²) in [5, 5.41) is 6.45. The summed E-state index contributed by atoms with van der Waals surface area (Å²) >= 11 is 0. The highest BCUT2D eigenvalue weighted by Gasteiger charge is 2.45. The molecule has 0 spiro atoms. The van der Waals surface area contributed by atoms with Gasteiger partial charge in [-0.3, -0.25) is 0 Å². The number of fused-ring (bicyclic) bond motifs is 4. The Morgan fingerprint density at radius 3 is 2.24 bits per heavy atom. The third-order valence-corrected chi connectivity index (χ3v) is 18.8. The molecule has 0 amide bonds. The number of nitrogens with one attached hydrogen (secondary N) is 1. The lowest BCUT2D eigenvalue weighted by Gasteiger charge is -2.38. The highest BCUT2D eigenvalue weighted by Crippen LogP contribution is 2.47. The first kappa shape index (κ1) is 34.5. The monoisotopic (exact) mass is 677 g/mol. The van der Waals surface area contributed by atoms with Crippen LogP contribution in [0.15, 0.2) is 36.4 Å². The van der Waals surface area contributed by atoms with E-state index in [0.29, 0.717) is 47.2 Å². The van der Waals surface area contributed by atoms with Crippen molar-refractivity contribution >= 4 is 24.7 Å². The van der Waals surface area contributed by atoms with Gasteiger partial charge in [0.05, 0.1) is 12.3 Å². The fourth-order valence-electron chi connectivity index (χ4n) is 9.97. The van der Waals surface area contributed by atoms with Crippen LogP contribution in [-0.2, 0) is 12.8 Å². The topological polar surface area (TPSA) is 53.5 Å². The average Bonchev–Trinajstić information content (AvgIpc) is 3.75. The van der Waals surface area contributed by atoms with E-state index in [9.17, 15) is 0 Å². The van der Waals surface area contributed by atoms with E-state index < -0.39 is 8.07 Å². The SMILES string of the molecule is CC(C)[Si](C#Cc1cccc2cccc(C3CCc4c(nc(OCC5(CN(C)C)CC5)nc4N4CC5CCC(C4)N5)C3)c12)(C(C)C)C(C)C. The number of hydrogen-bond acceptors (Lipinski definition) is 6. The molecule has 262 valence electrons. The maximum absolute atomic E-state index is 6.55. The second-order valence-electron chi connectivity index (χ2n) is 17.2. The summed E-state index contributed by atoms with van der Waals surface area (Å²) in [4.78, 5) is 15.3. The zero-order valence-electron chi connectivity index (χ0n) is 31.4. The van der Waals surface area contributed by atoms with E-state index in [-0.39, 0.29) is 5.41 Å². The van der Waals surface area contributed by atoms with Gasteiger partial charge in [0.2, 0.25) is 0 Å². The highest BCUT2D eigenvalue weighted by molar-refractivity contribution is 6.90. The largest absolute Gasteiger partial charge is 0.463 e. The van der Waals surface area contributed by atoms with Gasteiger partial charge < -0.3 is 19.9 Å². The van der Waals surface area contributed by atoms with E-state index in [1.807, 2.05) is 0 Å². The third-order valence-electron chi connectivity index (χ3n) is 12.5. The molecule has 0 radical (unpaired) electrons. The van der Waals surface area contributed by atoms with Gasteiger partial charge in [-0.15, -0.1) is 5.54 Å². The van der Waals surface area contributed by atoms with E-state index in [1.165, 1.54) is 58.8 Å².